The molecular formula is C24H36N4O3. The number of amides is 2. The van der Waals surface area contributed by atoms with Crippen LogP contribution < -0.4 is 20.9 Å². The number of hydrogen-bond acceptors (Lipinski definition) is 5. The molecule has 2 saturated carbocycles. The highest BCUT2D eigenvalue weighted by atomic mass is 16.6. The molecule has 1 unspecified atom stereocenters. The zero-order valence-corrected chi connectivity index (χ0v) is 19.0. The lowest BCUT2D eigenvalue weighted by Crippen LogP contribution is -2.52. The molecule has 170 valence electrons. The second-order valence-corrected chi connectivity index (χ2v) is 9.66. The molecule has 1 aliphatic heterocycles. The van der Waals surface area contributed by atoms with Crippen LogP contribution in [0.4, 0.5) is 16.2 Å². The summed E-state index contributed by atoms with van der Waals surface area (Å²) < 4.78 is 5.52. The molecule has 2 amide bonds. The van der Waals surface area contributed by atoms with Gasteiger partial charge in [0.05, 0.1) is 23.5 Å². The quantitative estimate of drug-likeness (QED) is 0.664. The van der Waals surface area contributed by atoms with E-state index in [2.05, 4.69) is 11.4 Å². The molecule has 0 saturated heterocycles. The Bertz CT molecular complexity index is 819. The SMILES string of the molecule is CC(C)OC(=O)N1C[C@H](C)N(C(=O)C2CC2)c2ccc(C(CN)CNCC3CC3)cc21. The number of fused-ring (bicyclic) bond motifs is 1. The van der Waals surface area contributed by atoms with E-state index in [0.29, 0.717) is 13.1 Å². The molecule has 4 rings (SSSR count). The summed E-state index contributed by atoms with van der Waals surface area (Å²) in [5, 5.41) is 3.54. The first-order chi connectivity index (χ1) is 14.9. The first-order valence-corrected chi connectivity index (χ1v) is 11.7. The summed E-state index contributed by atoms with van der Waals surface area (Å²) in [7, 11) is 0. The van der Waals surface area contributed by atoms with Crippen LogP contribution in [0.15, 0.2) is 18.2 Å². The minimum Gasteiger partial charge on any atom is -0.446 e. The average molecular weight is 429 g/mol. The number of carbonyl (C=O) groups is 2. The maximum atomic E-state index is 13.0. The van der Waals surface area contributed by atoms with Gasteiger partial charge in [-0.15, -0.1) is 0 Å². The number of nitrogens with zero attached hydrogens (tertiary/aromatic N) is 2. The third-order valence-corrected chi connectivity index (χ3v) is 6.43. The standard InChI is InChI=1S/C24H36N4O3/c1-15(2)31-24(30)27-14-16(3)28(23(29)18-6-7-18)21-9-8-19(10-22(21)27)20(11-25)13-26-12-17-4-5-17/h8-10,15-18,20,26H,4-7,11-14,25H2,1-3H3/t16-,20?/m0/s1. The van der Waals surface area contributed by atoms with Gasteiger partial charge in [-0.25, -0.2) is 4.79 Å². The number of rotatable bonds is 8. The van der Waals surface area contributed by atoms with Crippen LogP contribution in [0.2, 0.25) is 0 Å². The first kappa shape index (κ1) is 22.1. The van der Waals surface area contributed by atoms with E-state index < -0.39 is 0 Å². The van der Waals surface area contributed by atoms with Crippen molar-refractivity contribution in [3.05, 3.63) is 23.8 Å². The Labute approximate surface area is 185 Å². The van der Waals surface area contributed by atoms with Crippen molar-refractivity contribution in [1.82, 2.24) is 5.32 Å². The number of nitrogens with two attached hydrogens (primary N) is 1. The molecule has 7 heteroatoms. The van der Waals surface area contributed by atoms with Crippen molar-refractivity contribution in [3.63, 3.8) is 0 Å². The van der Waals surface area contributed by atoms with Gasteiger partial charge < -0.3 is 20.7 Å². The van der Waals surface area contributed by atoms with Crippen LogP contribution in [0.5, 0.6) is 0 Å². The summed E-state index contributed by atoms with van der Waals surface area (Å²) in [6, 6.07) is 5.98. The van der Waals surface area contributed by atoms with Crippen molar-refractivity contribution in [1.29, 1.82) is 0 Å². The fraction of sp³-hybridized carbons (Fsp3) is 0.667. The zero-order valence-electron chi connectivity index (χ0n) is 19.0. The Morgan fingerprint density at radius 3 is 2.55 bits per heavy atom. The van der Waals surface area contributed by atoms with Gasteiger partial charge in [0.25, 0.3) is 0 Å². The summed E-state index contributed by atoms with van der Waals surface area (Å²) in [5.74, 6) is 1.25. The third kappa shape index (κ3) is 5.04. The number of ether oxygens (including phenoxy) is 1. The highest BCUT2D eigenvalue weighted by molar-refractivity contribution is 6.04. The van der Waals surface area contributed by atoms with E-state index in [1.54, 1.807) is 4.90 Å². The van der Waals surface area contributed by atoms with Gasteiger partial charge in [-0.05, 0) is 76.6 Å². The number of hydrogen-bond donors (Lipinski definition) is 2. The summed E-state index contributed by atoms with van der Waals surface area (Å²) >= 11 is 0. The van der Waals surface area contributed by atoms with Crippen LogP contribution >= 0.6 is 0 Å². The van der Waals surface area contributed by atoms with Gasteiger partial charge in [-0.2, -0.15) is 0 Å². The lowest BCUT2D eigenvalue weighted by Gasteiger charge is -2.41. The number of anilines is 2. The topological polar surface area (TPSA) is 87.9 Å². The van der Waals surface area contributed by atoms with Crippen LogP contribution in [-0.2, 0) is 9.53 Å². The fourth-order valence-corrected chi connectivity index (χ4v) is 4.32. The third-order valence-electron chi connectivity index (χ3n) is 6.43. The van der Waals surface area contributed by atoms with E-state index in [1.165, 1.54) is 12.8 Å². The molecule has 1 aromatic rings. The van der Waals surface area contributed by atoms with Crippen LogP contribution in [0, 0.1) is 11.8 Å². The Morgan fingerprint density at radius 2 is 1.94 bits per heavy atom. The Balaban J connectivity index is 1.63. The van der Waals surface area contributed by atoms with Crippen molar-refractivity contribution >= 4 is 23.4 Å². The zero-order chi connectivity index (χ0) is 22.1. The predicted octanol–water partition coefficient (Wildman–Crippen LogP) is 3.23. The molecule has 0 spiro atoms. The molecule has 3 aliphatic rings. The molecule has 2 atom stereocenters. The molecule has 0 bridgehead atoms. The van der Waals surface area contributed by atoms with Crippen molar-refractivity contribution in [2.45, 2.75) is 64.5 Å². The molecule has 3 N–H and O–H groups in total. The molecule has 1 aromatic carbocycles. The number of nitrogens with one attached hydrogen (secondary N) is 1. The molecule has 0 radical (unpaired) electrons. The maximum absolute atomic E-state index is 13.0. The summed E-state index contributed by atoms with van der Waals surface area (Å²) in [6.45, 7) is 8.49. The molecular weight excluding hydrogens is 392 g/mol. The minimum absolute atomic E-state index is 0.100. The van der Waals surface area contributed by atoms with Gasteiger partial charge in [-0.3, -0.25) is 9.69 Å². The first-order valence-electron chi connectivity index (χ1n) is 11.7. The van der Waals surface area contributed by atoms with Crippen LogP contribution in [0.1, 0.15) is 57.9 Å². The van der Waals surface area contributed by atoms with Gasteiger partial charge in [0.1, 0.15) is 0 Å². The van der Waals surface area contributed by atoms with E-state index in [0.717, 1.165) is 48.8 Å². The Hall–Kier alpha value is -2.12. The summed E-state index contributed by atoms with van der Waals surface area (Å²) in [5.41, 5.74) is 8.73. The minimum atomic E-state index is -0.366. The monoisotopic (exact) mass is 428 g/mol. The van der Waals surface area contributed by atoms with Crippen molar-refractivity contribution in [3.8, 4) is 0 Å². The van der Waals surface area contributed by atoms with Gasteiger partial charge in [0.2, 0.25) is 5.91 Å². The van der Waals surface area contributed by atoms with E-state index in [9.17, 15) is 9.59 Å². The highest BCUT2D eigenvalue weighted by Crippen LogP contribution is 2.42. The predicted molar refractivity (Wildman–Crippen MR) is 122 cm³/mol. The Kier molecular flexibility index (Phi) is 6.53. The van der Waals surface area contributed by atoms with Crippen molar-refractivity contribution in [2.24, 2.45) is 17.6 Å². The second kappa shape index (κ2) is 9.17. The van der Waals surface area contributed by atoms with E-state index >= 15 is 0 Å². The van der Waals surface area contributed by atoms with Crippen molar-refractivity contribution < 1.29 is 14.3 Å². The van der Waals surface area contributed by atoms with Crippen LogP contribution in [0.3, 0.4) is 0 Å². The van der Waals surface area contributed by atoms with E-state index in [1.807, 2.05) is 37.8 Å². The molecule has 2 aliphatic carbocycles. The molecule has 7 nitrogen and oxygen atoms in total. The van der Waals surface area contributed by atoms with Crippen molar-refractivity contribution in [2.75, 3.05) is 36.0 Å². The fourth-order valence-electron chi connectivity index (χ4n) is 4.32. The van der Waals surface area contributed by atoms with Crippen LogP contribution in [0.25, 0.3) is 0 Å². The molecule has 2 fully saturated rings. The van der Waals surface area contributed by atoms with Gasteiger partial charge in [0, 0.05) is 31.5 Å². The van der Waals surface area contributed by atoms with E-state index in [-0.39, 0.29) is 36.0 Å². The van der Waals surface area contributed by atoms with Crippen LogP contribution in [-0.4, -0.2) is 50.3 Å². The highest BCUT2D eigenvalue weighted by Gasteiger charge is 2.41. The average Bonchev–Trinajstić information content (AvgIpc) is 3.63. The number of carbonyl (C=O) groups excluding carboxylic acids is 2. The molecule has 31 heavy (non-hydrogen) atoms. The van der Waals surface area contributed by atoms with E-state index in [4.69, 9.17) is 10.5 Å². The van der Waals surface area contributed by atoms with Gasteiger partial charge >= 0.3 is 6.09 Å². The van der Waals surface area contributed by atoms with Gasteiger partial charge in [-0.1, -0.05) is 6.07 Å². The normalized spacial score (nSPS) is 21.8. The number of benzene rings is 1. The largest absolute Gasteiger partial charge is 0.446 e. The van der Waals surface area contributed by atoms with Gasteiger partial charge in [0.15, 0.2) is 0 Å². The lowest BCUT2D eigenvalue weighted by atomic mass is 9.96. The summed E-state index contributed by atoms with van der Waals surface area (Å²) in [6.07, 6.45) is 3.97. The lowest BCUT2D eigenvalue weighted by molar-refractivity contribution is -0.120. The second-order valence-electron chi connectivity index (χ2n) is 9.66. The summed E-state index contributed by atoms with van der Waals surface area (Å²) in [4.78, 5) is 29.5. The maximum Gasteiger partial charge on any atom is 0.414 e. The molecule has 0 aromatic heterocycles. The Morgan fingerprint density at radius 1 is 1.19 bits per heavy atom. The smallest absolute Gasteiger partial charge is 0.414 e. The molecule has 1 heterocycles.